The minimum absolute atomic E-state index is 0.0247. The van der Waals surface area contributed by atoms with Gasteiger partial charge in [0.25, 0.3) is 5.91 Å². The summed E-state index contributed by atoms with van der Waals surface area (Å²) >= 11 is 6.05. The summed E-state index contributed by atoms with van der Waals surface area (Å²) in [6.07, 6.45) is -1.65. The first-order chi connectivity index (χ1) is 16.9. The van der Waals surface area contributed by atoms with Crippen molar-refractivity contribution in [3.8, 4) is 0 Å². The Morgan fingerprint density at radius 3 is 2.47 bits per heavy atom. The molecule has 6 nitrogen and oxygen atoms in total. The zero-order valence-electron chi connectivity index (χ0n) is 19.7. The van der Waals surface area contributed by atoms with Crippen LogP contribution >= 0.6 is 11.6 Å². The highest BCUT2D eigenvalue weighted by molar-refractivity contribution is 7.90. The van der Waals surface area contributed by atoms with Crippen molar-refractivity contribution in [3.05, 3.63) is 82.1 Å². The summed E-state index contributed by atoms with van der Waals surface area (Å²) in [5.74, 6) is -0.875. The highest BCUT2D eigenvalue weighted by Gasteiger charge is 2.35. The van der Waals surface area contributed by atoms with E-state index in [0.717, 1.165) is 25.0 Å². The van der Waals surface area contributed by atoms with Crippen LogP contribution in [0, 0.1) is 0 Å². The maximum absolute atomic E-state index is 13.3. The third-order valence-corrected chi connectivity index (χ3v) is 7.74. The minimum Gasteiger partial charge on any atom is -0.330 e. The molecule has 0 atom stereocenters. The van der Waals surface area contributed by atoms with Gasteiger partial charge in [0.15, 0.2) is 0 Å². The first-order valence-electron chi connectivity index (χ1n) is 11.4. The molecule has 1 aliphatic carbocycles. The fourth-order valence-corrected chi connectivity index (χ4v) is 5.74. The monoisotopic (exact) mass is 539 g/mol. The van der Waals surface area contributed by atoms with Crippen molar-refractivity contribution in [3.63, 3.8) is 0 Å². The molecule has 0 N–H and O–H groups in total. The number of hydrogen-bond donors (Lipinski definition) is 0. The Balaban J connectivity index is 1.65. The number of rotatable bonds is 8. The topological polar surface area (TPSA) is 72.3 Å². The molecule has 1 saturated carbocycles. The average molecular weight is 540 g/mol. The summed E-state index contributed by atoms with van der Waals surface area (Å²) in [5, 5.41) is 0.229. The molecule has 4 rings (SSSR count). The normalized spacial score (nSPS) is 14.3. The third kappa shape index (κ3) is 5.75. The van der Waals surface area contributed by atoms with Gasteiger partial charge in [0, 0.05) is 22.7 Å². The Bertz CT molecular complexity index is 1380. The first-order valence-corrected chi connectivity index (χ1v) is 13.4. The Labute approximate surface area is 212 Å². The van der Waals surface area contributed by atoms with Crippen LogP contribution in [0.3, 0.4) is 0 Å². The largest absolute Gasteiger partial charge is 0.416 e. The van der Waals surface area contributed by atoms with E-state index < -0.39 is 27.3 Å². The molecular formula is C25H25ClF3N3O3S. The highest BCUT2D eigenvalue weighted by Crippen LogP contribution is 2.39. The lowest BCUT2D eigenvalue weighted by Gasteiger charge is -2.27. The maximum Gasteiger partial charge on any atom is 0.416 e. The fraction of sp³-hybridized carbons (Fsp3) is 0.360. The number of sulfone groups is 1. The molecule has 11 heteroatoms. The van der Waals surface area contributed by atoms with Crippen molar-refractivity contribution in [1.82, 2.24) is 14.5 Å². The van der Waals surface area contributed by atoms with Crippen LogP contribution in [0.4, 0.5) is 13.2 Å². The molecular weight excluding hydrogens is 515 g/mol. The highest BCUT2D eigenvalue weighted by atomic mass is 35.5. The average Bonchev–Trinajstić information content (AvgIpc) is 3.54. The van der Waals surface area contributed by atoms with Gasteiger partial charge in [-0.3, -0.25) is 4.79 Å². The van der Waals surface area contributed by atoms with Gasteiger partial charge < -0.3 is 9.47 Å². The molecule has 0 bridgehead atoms. The maximum atomic E-state index is 13.3. The van der Waals surface area contributed by atoms with Crippen LogP contribution in [-0.4, -0.2) is 34.8 Å². The zero-order valence-corrected chi connectivity index (χ0v) is 21.2. The molecule has 1 heterocycles. The van der Waals surface area contributed by atoms with Crippen LogP contribution in [-0.2, 0) is 28.3 Å². The van der Waals surface area contributed by atoms with E-state index in [9.17, 15) is 26.4 Å². The molecule has 1 aliphatic rings. The van der Waals surface area contributed by atoms with Crippen molar-refractivity contribution in [1.29, 1.82) is 0 Å². The number of amides is 1. The van der Waals surface area contributed by atoms with Crippen LogP contribution in [0.5, 0.6) is 0 Å². The van der Waals surface area contributed by atoms with Gasteiger partial charge in [-0.1, -0.05) is 35.9 Å². The van der Waals surface area contributed by atoms with E-state index in [0.29, 0.717) is 16.3 Å². The van der Waals surface area contributed by atoms with Crippen molar-refractivity contribution in [2.75, 3.05) is 0 Å². The van der Waals surface area contributed by atoms with Crippen LogP contribution < -0.4 is 0 Å². The Kier molecular flexibility index (Phi) is 7.21. The van der Waals surface area contributed by atoms with E-state index in [2.05, 4.69) is 4.98 Å². The molecule has 0 spiro atoms. The molecule has 1 amide bonds. The Morgan fingerprint density at radius 2 is 1.86 bits per heavy atom. The molecule has 1 fully saturated rings. The van der Waals surface area contributed by atoms with Crippen LogP contribution in [0.2, 0.25) is 5.02 Å². The standard InChI is InChI=1S/C25H25ClF3N3O3S/c1-16(2)31(23(33)18-6-4-8-20(26)12-18)14-22-13-30-24(32(22)21-9-10-21)36(34,35)15-17-5-3-7-19(11-17)25(27,28)29/h3-8,11-13,16,21H,9-10,14-15H2,1-2H3. The quantitative estimate of drug-likeness (QED) is 0.356. The van der Waals surface area contributed by atoms with Gasteiger partial charge in [-0.2, -0.15) is 13.2 Å². The van der Waals surface area contributed by atoms with Gasteiger partial charge in [-0.25, -0.2) is 13.4 Å². The van der Waals surface area contributed by atoms with Gasteiger partial charge >= 0.3 is 6.18 Å². The lowest BCUT2D eigenvalue weighted by atomic mass is 10.1. The minimum atomic E-state index is -4.57. The number of halogens is 4. The first kappa shape index (κ1) is 26.2. The summed E-state index contributed by atoms with van der Waals surface area (Å²) in [7, 11) is -4.06. The Morgan fingerprint density at radius 1 is 1.17 bits per heavy atom. The van der Waals surface area contributed by atoms with E-state index in [4.69, 9.17) is 11.6 Å². The summed E-state index contributed by atoms with van der Waals surface area (Å²) in [4.78, 5) is 19.0. The molecule has 1 aromatic heterocycles. The summed E-state index contributed by atoms with van der Waals surface area (Å²) in [5.41, 5.74) is 0.0699. The van der Waals surface area contributed by atoms with Crippen molar-refractivity contribution in [2.24, 2.45) is 0 Å². The predicted octanol–water partition coefficient (Wildman–Crippen LogP) is 5.91. The van der Waals surface area contributed by atoms with Gasteiger partial charge in [-0.05, 0) is 56.5 Å². The van der Waals surface area contributed by atoms with Gasteiger partial charge in [-0.15, -0.1) is 0 Å². The van der Waals surface area contributed by atoms with E-state index in [1.54, 1.807) is 33.7 Å². The summed E-state index contributed by atoms with van der Waals surface area (Å²) in [6, 6.07) is 10.6. The van der Waals surface area contributed by atoms with Crippen molar-refractivity contribution < 1.29 is 26.4 Å². The van der Waals surface area contributed by atoms with Crippen LogP contribution in [0.15, 0.2) is 59.9 Å². The SMILES string of the molecule is CC(C)N(Cc1cnc(S(=O)(=O)Cc2cccc(C(F)(F)F)c2)n1C1CC1)C(=O)c1cccc(Cl)c1. The second-order valence-electron chi connectivity index (χ2n) is 9.13. The van der Waals surface area contributed by atoms with E-state index >= 15 is 0 Å². The number of nitrogens with zero attached hydrogens (tertiary/aromatic N) is 3. The van der Waals surface area contributed by atoms with E-state index in [-0.39, 0.29) is 35.3 Å². The fourth-order valence-electron chi connectivity index (χ4n) is 4.02. The number of aromatic nitrogens is 2. The number of carbonyl (C=O) groups excluding carboxylic acids is 1. The molecule has 36 heavy (non-hydrogen) atoms. The molecule has 0 unspecified atom stereocenters. The van der Waals surface area contributed by atoms with Gasteiger partial charge in [0.05, 0.1) is 29.8 Å². The van der Waals surface area contributed by atoms with Crippen molar-refractivity contribution in [2.45, 2.75) is 62.4 Å². The predicted molar refractivity (Wildman–Crippen MR) is 129 cm³/mol. The molecule has 0 aliphatic heterocycles. The smallest absolute Gasteiger partial charge is 0.330 e. The summed E-state index contributed by atoms with van der Waals surface area (Å²) < 4.78 is 67.5. The number of carbonyl (C=O) groups is 1. The lowest BCUT2D eigenvalue weighted by molar-refractivity contribution is -0.137. The molecule has 192 valence electrons. The van der Waals surface area contributed by atoms with Crippen LogP contribution in [0.1, 0.15) is 59.9 Å². The molecule has 0 radical (unpaired) electrons. The third-order valence-electron chi connectivity index (χ3n) is 5.93. The second-order valence-corrected chi connectivity index (χ2v) is 11.4. The number of hydrogen-bond acceptors (Lipinski definition) is 4. The number of benzene rings is 2. The summed E-state index contributed by atoms with van der Waals surface area (Å²) in [6.45, 7) is 3.82. The molecule has 3 aromatic rings. The molecule has 0 saturated heterocycles. The second kappa shape index (κ2) is 9.89. The van der Waals surface area contributed by atoms with Gasteiger partial charge in [0.1, 0.15) is 0 Å². The number of alkyl halides is 3. The van der Waals surface area contributed by atoms with Crippen LogP contribution in [0.25, 0.3) is 0 Å². The number of imidazole rings is 1. The van der Waals surface area contributed by atoms with Gasteiger partial charge in [0.2, 0.25) is 15.0 Å². The lowest BCUT2D eigenvalue weighted by Crippen LogP contribution is -2.37. The Hall–Kier alpha value is -2.85. The zero-order chi connectivity index (χ0) is 26.3. The van der Waals surface area contributed by atoms with Crippen molar-refractivity contribution >= 4 is 27.3 Å². The van der Waals surface area contributed by atoms with E-state index in [1.807, 2.05) is 13.8 Å². The van der Waals surface area contributed by atoms with E-state index in [1.165, 1.54) is 18.3 Å². The molecule has 2 aromatic carbocycles.